The van der Waals surface area contributed by atoms with Gasteiger partial charge in [-0.1, -0.05) is 51.1 Å². The minimum absolute atomic E-state index is 0.00221. The van der Waals surface area contributed by atoms with Gasteiger partial charge in [-0.3, -0.25) is 4.98 Å². The Morgan fingerprint density at radius 1 is 1.04 bits per heavy atom. The molecule has 0 N–H and O–H groups in total. The van der Waals surface area contributed by atoms with E-state index in [0.717, 1.165) is 11.1 Å². The van der Waals surface area contributed by atoms with Crippen molar-refractivity contribution in [1.82, 2.24) is 9.88 Å². The average molecular weight is 385 g/mol. The first kappa shape index (κ1) is 21.7. The summed E-state index contributed by atoms with van der Waals surface area (Å²) in [4.78, 5) is 18.6. The van der Waals surface area contributed by atoms with E-state index in [1.54, 1.807) is 11.1 Å². The van der Waals surface area contributed by atoms with Gasteiger partial charge < -0.3 is 14.4 Å². The third kappa shape index (κ3) is 7.22. The zero-order valence-corrected chi connectivity index (χ0v) is 17.9. The lowest BCUT2D eigenvalue weighted by molar-refractivity contribution is 0.0209. The van der Waals surface area contributed by atoms with Crippen LogP contribution in [0.1, 0.15) is 52.7 Å². The normalized spacial score (nSPS) is 11.8. The fourth-order valence-corrected chi connectivity index (χ4v) is 2.55. The van der Waals surface area contributed by atoms with Crippen molar-refractivity contribution in [2.24, 2.45) is 0 Å². The Morgan fingerprint density at radius 2 is 1.71 bits per heavy atom. The Hall–Kier alpha value is -2.56. The molecule has 1 aromatic heterocycles. The van der Waals surface area contributed by atoms with Crippen molar-refractivity contribution >= 4 is 6.09 Å². The van der Waals surface area contributed by atoms with Crippen LogP contribution in [-0.2, 0) is 16.7 Å². The molecule has 2 rings (SSSR count). The first-order valence-electron chi connectivity index (χ1n) is 9.65. The van der Waals surface area contributed by atoms with Crippen LogP contribution in [0, 0.1) is 0 Å². The number of nitrogens with zero attached hydrogens (tertiary/aromatic N) is 2. The van der Waals surface area contributed by atoms with E-state index in [1.165, 1.54) is 0 Å². The van der Waals surface area contributed by atoms with Crippen LogP contribution < -0.4 is 4.74 Å². The number of hydrogen-bond donors (Lipinski definition) is 0. The summed E-state index contributed by atoms with van der Waals surface area (Å²) in [6.07, 6.45) is 3.21. The van der Waals surface area contributed by atoms with Gasteiger partial charge in [-0.15, -0.1) is 0 Å². The van der Waals surface area contributed by atoms with Crippen LogP contribution >= 0.6 is 0 Å². The fourth-order valence-electron chi connectivity index (χ4n) is 2.55. The Bertz CT molecular complexity index is 761. The smallest absolute Gasteiger partial charge is 0.410 e. The molecular formula is C23H32N2O3. The molecule has 5 nitrogen and oxygen atoms in total. The van der Waals surface area contributed by atoms with Gasteiger partial charge in [0.15, 0.2) is 0 Å². The van der Waals surface area contributed by atoms with E-state index in [9.17, 15) is 4.79 Å². The highest BCUT2D eigenvalue weighted by Crippen LogP contribution is 2.24. The topological polar surface area (TPSA) is 51.7 Å². The summed E-state index contributed by atoms with van der Waals surface area (Å²) < 4.78 is 11.4. The van der Waals surface area contributed by atoms with Gasteiger partial charge in [-0.25, -0.2) is 4.79 Å². The molecule has 0 bridgehead atoms. The molecule has 0 atom stereocenters. The zero-order chi connectivity index (χ0) is 20.8. The maximum atomic E-state index is 12.6. The number of carbonyl (C=O) groups is 1. The van der Waals surface area contributed by atoms with Gasteiger partial charge in [-0.05, 0) is 43.4 Å². The third-order valence-corrected chi connectivity index (χ3v) is 4.08. The number of pyridine rings is 1. The number of ether oxygens (including phenoxy) is 2. The van der Waals surface area contributed by atoms with E-state index in [2.05, 4.69) is 25.8 Å². The van der Waals surface area contributed by atoms with Crippen molar-refractivity contribution in [1.29, 1.82) is 0 Å². The molecule has 0 fully saturated rings. The molecule has 28 heavy (non-hydrogen) atoms. The molecule has 152 valence electrons. The van der Waals surface area contributed by atoms with Crippen LogP contribution in [0.4, 0.5) is 4.79 Å². The maximum Gasteiger partial charge on any atom is 0.410 e. The molecule has 1 aromatic carbocycles. The van der Waals surface area contributed by atoms with Gasteiger partial charge in [0.2, 0.25) is 0 Å². The SMILES string of the molecule is CC(C)(C)OC(=O)N(CCOc1cncc(C(C)(C)C)c1)Cc1ccccc1. The molecule has 1 amide bonds. The molecule has 1 heterocycles. The molecule has 0 unspecified atom stereocenters. The van der Waals surface area contributed by atoms with Crippen LogP contribution in [0.5, 0.6) is 5.75 Å². The second-order valence-electron chi connectivity index (χ2n) is 8.90. The predicted octanol–water partition coefficient (Wildman–Crippen LogP) is 5.20. The van der Waals surface area contributed by atoms with Crippen molar-refractivity contribution in [2.45, 2.75) is 59.1 Å². The molecule has 0 saturated heterocycles. The first-order valence-corrected chi connectivity index (χ1v) is 9.65. The van der Waals surface area contributed by atoms with E-state index < -0.39 is 5.60 Å². The number of hydrogen-bond acceptors (Lipinski definition) is 4. The second-order valence-corrected chi connectivity index (χ2v) is 8.90. The summed E-state index contributed by atoms with van der Waals surface area (Å²) >= 11 is 0. The minimum Gasteiger partial charge on any atom is -0.490 e. The summed E-state index contributed by atoms with van der Waals surface area (Å²) in [6.45, 7) is 13.3. The lowest BCUT2D eigenvalue weighted by atomic mass is 9.88. The summed E-state index contributed by atoms with van der Waals surface area (Å²) in [6, 6.07) is 11.9. The van der Waals surface area contributed by atoms with E-state index in [1.807, 2.05) is 63.4 Å². The number of aromatic nitrogens is 1. The largest absolute Gasteiger partial charge is 0.490 e. The zero-order valence-electron chi connectivity index (χ0n) is 17.9. The van der Waals surface area contributed by atoms with Gasteiger partial charge in [0.1, 0.15) is 18.0 Å². The lowest BCUT2D eigenvalue weighted by Gasteiger charge is -2.27. The van der Waals surface area contributed by atoms with Gasteiger partial charge in [0, 0.05) is 12.7 Å². The predicted molar refractivity (Wildman–Crippen MR) is 112 cm³/mol. The quantitative estimate of drug-likeness (QED) is 0.687. The van der Waals surface area contributed by atoms with Crippen LogP contribution in [0.3, 0.4) is 0 Å². The van der Waals surface area contributed by atoms with Crippen LogP contribution in [0.25, 0.3) is 0 Å². The Labute approximate surface area is 168 Å². The Kier molecular flexibility index (Phi) is 7.05. The van der Waals surface area contributed by atoms with Gasteiger partial charge >= 0.3 is 6.09 Å². The summed E-state index contributed by atoms with van der Waals surface area (Å²) in [5, 5.41) is 0. The molecule has 0 aliphatic rings. The lowest BCUT2D eigenvalue weighted by Crippen LogP contribution is -2.38. The van der Waals surface area contributed by atoms with Crippen molar-refractivity contribution in [3.63, 3.8) is 0 Å². The van der Waals surface area contributed by atoms with E-state index in [-0.39, 0.29) is 11.5 Å². The highest BCUT2D eigenvalue weighted by molar-refractivity contribution is 5.68. The van der Waals surface area contributed by atoms with Crippen molar-refractivity contribution in [3.05, 3.63) is 59.9 Å². The van der Waals surface area contributed by atoms with Gasteiger partial charge in [0.25, 0.3) is 0 Å². The number of rotatable bonds is 6. The number of carbonyl (C=O) groups excluding carboxylic acids is 1. The van der Waals surface area contributed by atoms with E-state index in [0.29, 0.717) is 25.4 Å². The summed E-state index contributed by atoms with van der Waals surface area (Å²) in [5.74, 6) is 0.705. The minimum atomic E-state index is -0.544. The standard InChI is InChI=1S/C23H32N2O3/c1-22(2,3)19-14-20(16-24-15-19)27-13-12-25(21(26)28-23(4,5)6)17-18-10-8-7-9-11-18/h7-11,14-16H,12-13,17H2,1-6H3. The van der Waals surface area contributed by atoms with Crippen molar-refractivity contribution in [3.8, 4) is 5.75 Å². The summed E-state index contributed by atoms with van der Waals surface area (Å²) in [5.41, 5.74) is 1.61. The number of benzene rings is 1. The molecule has 2 aromatic rings. The van der Waals surface area contributed by atoms with Gasteiger partial charge in [-0.2, -0.15) is 0 Å². The summed E-state index contributed by atoms with van der Waals surface area (Å²) in [7, 11) is 0. The molecule has 0 aliphatic carbocycles. The molecule has 5 heteroatoms. The Balaban J connectivity index is 2.03. The molecule has 0 saturated carbocycles. The molecule has 0 spiro atoms. The third-order valence-electron chi connectivity index (χ3n) is 4.08. The van der Waals surface area contributed by atoms with E-state index in [4.69, 9.17) is 9.47 Å². The fraction of sp³-hybridized carbons (Fsp3) is 0.478. The number of amides is 1. The maximum absolute atomic E-state index is 12.6. The Morgan fingerprint density at radius 3 is 2.32 bits per heavy atom. The van der Waals surface area contributed by atoms with Crippen molar-refractivity contribution in [2.75, 3.05) is 13.2 Å². The van der Waals surface area contributed by atoms with Crippen LogP contribution in [0.2, 0.25) is 0 Å². The highest BCUT2D eigenvalue weighted by Gasteiger charge is 2.22. The highest BCUT2D eigenvalue weighted by atomic mass is 16.6. The second kappa shape index (κ2) is 9.09. The van der Waals surface area contributed by atoms with Crippen molar-refractivity contribution < 1.29 is 14.3 Å². The van der Waals surface area contributed by atoms with E-state index >= 15 is 0 Å². The monoisotopic (exact) mass is 384 g/mol. The average Bonchev–Trinajstić information content (AvgIpc) is 2.60. The molecule has 0 radical (unpaired) electrons. The first-order chi connectivity index (χ1) is 13.0. The van der Waals surface area contributed by atoms with Crippen LogP contribution in [0.15, 0.2) is 48.8 Å². The molecular weight excluding hydrogens is 352 g/mol. The molecule has 0 aliphatic heterocycles. The van der Waals surface area contributed by atoms with Crippen LogP contribution in [-0.4, -0.2) is 34.7 Å². The van der Waals surface area contributed by atoms with Gasteiger partial charge in [0.05, 0.1) is 12.7 Å².